The maximum atomic E-state index is 13.0. The van der Waals surface area contributed by atoms with Crippen LogP contribution in [0.25, 0.3) is 0 Å². The molecule has 0 unspecified atom stereocenters. The Morgan fingerprint density at radius 3 is 2.46 bits per heavy atom. The smallest absolute Gasteiger partial charge is 0.246 e. The monoisotopic (exact) mass is 343 g/mol. The number of nitriles is 1. The van der Waals surface area contributed by atoms with Crippen molar-refractivity contribution in [1.29, 1.82) is 5.26 Å². The second-order valence-corrected chi connectivity index (χ2v) is 7.25. The topological polar surface area (TPSA) is 82.4 Å². The minimum atomic E-state index is -3.73. The van der Waals surface area contributed by atoms with E-state index in [1.165, 1.54) is 16.4 Å². The fourth-order valence-corrected chi connectivity index (χ4v) is 4.08. The van der Waals surface area contributed by atoms with E-state index in [1.54, 1.807) is 18.2 Å². The van der Waals surface area contributed by atoms with Crippen molar-refractivity contribution in [2.24, 2.45) is 0 Å². The summed E-state index contributed by atoms with van der Waals surface area (Å²) in [6, 6.07) is 15.4. The fraction of sp³-hybridized carbons (Fsp3) is 0.235. The van der Waals surface area contributed by atoms with Crippen molar-refractivity contribution in [1.82, 2.24) is 9.62 Å². The number of hydrogen-bond acceptors (Lipinski definition) is 5. The first-order chi connectivity index (χ1) is 11.6. The molecule has 2 aromatic rings. The van der Waals surface area contributed by atoms with Crippen LogP contribution >= 0.6 is 0 Å². The normalized spacial score (nSPS) is 15.6. The number of para-hydroxylation sites is 1. The number of nitrogens with one attached hydrogen (secondary N) is 1. The minimum Gasteiger partial charge on any atom is -0.456 e. The van der Waals surface area contributed by atoms with Crippen molar-refractivity contribution in [2.75, 3.05) is 26.2 Å². The van der Waals surface area contributed by atoms with E-state index in [2.05, 4.69) is 5.32 Å². The Morgan fingerprint density at radius 1 is 1.08 bits per heavy atom. The molecule has 0 spiro atoms. The molecule has 3 rings (SSSR count). The Hall–Kier alpha value is -2.40. The number of ether oxygens (including phenoxy) is 1. The number of rotatable bonds is 4. The third-order valence-corrected chi connectivity index (χ3v) is 5.66. The van der Waals surface area contributed by atoms with Crippen molar-refractivity contribution in [3.8, 4) is 17.6 Å². The molecule has 6 nitrogen and oxygen atoms in total. The van der Waals surface area contributed by atoms with E-state index in [4.69, 9.17) is 10.00 Å². The van der Waals surface area contributed by atoms with E-state index in [1.807, 2.05) is 24.3 Å². The Kier molecular flexibility index (Phi) is 4.81. The van der Waals surface area contributed by atoms with Gasteiger partial charge < -0.3 is 10.1 Å². The van der Waals surface area contributed by atoms with Gasteiger partial charge >= 0.3 is 0 Å². The second kappa shape index (κ2) is 7.01. The lowest BCUT2D eigenvalue weighted by Crippen LogP contribution is -2.46. The van der Waals surface area contributed by atoms with Gasteiger partial charge in [0.05, 0.1) is 11.6 Å². The van der Waals surface area contributed by atoms with Crippen LogP contribution in [0.2, 0.25) is 0 Å². The van der Waals surface area contributed by atoms with Gasteiger partial charge in [-0.15, -0.1) is 0 Å². The minimum absolute atomic E-state index is 0.0207. The SMILES string of the molecule is N#Cc1ccc(Oc2ccccc2)c(S(=O)(=O)N2CCNCC2)c1. The number of hydrogen-bond donors (Lipinski definition) is 1. The molecule has 1 N–H and O–H groups in total. The van der Waals surface area contributed by atoms with Gasteiger partial charge in [0, 0.05) is 26.2 Å². The third kappa shape index (κ3) is 3.41. The molecular weight excluding hydrogens is 326 g/mol. The second-order valence-electron chi connectivity index (χ2n) is 5.34. The molecule has 0 aromatic heterocycles. The molecule has 0 atom stereocenters. The average molecular weight is 343 g/mol. The first-order valence-electron chi connectivity index (χ1n) is 7.59. The first kappa shape index (κ1) is 16.5. The fourth-order valence-electron chi connectivity index (χ4n) is 2.50. The van der Waals surface area contributed by atoms with Gasteiger partial charge in [0.2, 0.25) is 10.0 Å². The van der Waals surface area contributed by atoms with Crippen LogP contribution in [0.3, 0.4) is 0 Å². The van der Waals surface area contributed by atoms with Gasteiger partial charge in [-0.2, -0.15) is 9.57 Å². The van der Waals surface area contributed by atoms with Crippen LogP contribution in [-0.4, -0.2) is 38.9 Å². The lowest BCUT2D eigenvalue weighted by molar-refractivity contribution is 0.358. The van der Waals surface area contributed by atoms with E-state index in [0.717, 1.165) is 0 Å². The Balaban J connectivity index is 2.02. The predicted molar refractivity (Wildman–Crippen MR) is 89.3 cm³/mol. The number of sulfonamides is 1. The number of piperazine rings is 1. The molecule has 1 fully saturated rings. The standard InChI is InChI=1S/C17H17N3O3S/c18-13-14-6-7-16(23-15-4-2-1-3-5-15)17(12-14)24(21,22)20-10-8-19-9-11-20/h1-7,12,19H,8-11H2. The summed E-state index contributed by atoms with van der Waals surface area (Å²) in [4.78, 5) is 0.0207. The van der Waals surface area contributed by atoms with Crippen molar-refractivity contribution < 1.29 is 13.2 Å². The molecule has 0 aliphatic carbocycles. The van der Waals surface area contributed by atoms with Crippen molar-refractivity contribution in [2.45, 2.75) is 4.90 Å². The highest BCUT2D eigenvalue weighted by Gasteiger charge is 2.29. The largest absolute Gasteiger partial charge is 0.456 e. The van der Waals surface area contributed by atoms with E-state index in [-0.39, 0.29) is 16.2 Å². The van der Waals surface area contributed by atoms with Crippen LogP contribution in [0.4, 0.5) is 0 Å². The molecule has 7 heteroatoms. The molecule has 0 amide bonds. The molecule has 0 saturated carbocycles. The van der Waals surface area contributed by atoms with Gasteiger partial charge in [0.15, 0.2) is 0 Å². The predicted octanol–water partition coefficient (Wildman–Crippen LogP) is 1.94. The lowest BCUT2D eigenvalue weighted by Gasteiger charge is -2.27. The summed E-state index contributed by atoms with van der Waals surface area (Å²) in [5, 5.41) is 12.2. The highest BCUT2D eigenvalue weighted by Crippen LogP contribution is 2.31. The summed E-state index contributed by atoms with van der Waals surface area (Å²) in [5.41, 5.74) is 0.282. The summed E-state index contributed by atoms with van der Waals surface area (Å²) in [6.45, 7) is 1.99. The maximum absolute atomic E-state index is 13.0. The van der Waals surface area contributed by atoms with Crippen molar-refractivity contribution in [3.63, 3.8) is 0 Å². The van der Waals surface area contributed by atoms with E-state index < -0.39 is 10.0 Å². The van der Waals surface area contributed by atoms with Crippen LogP contribution in [-0.2, 0) is 10.0 Å². The van der Waals surface area contributed by atoms with Crippen LogP contribution < -0.4 is 10.1 Å². The quantitative estimate of drug-likeness (QED) is 0.917. The van der Waals surface area contributed by atoms with Gasteiger partial charge in [-0.1, -0.05) is 18.2 Å². The van der Waals surface area contributed by atoms with Gasteiger partial charge in [-0.05, 0) is 30.3 Å². The Morgan fingerprint density at radius 2 is 1.79 bits per heavy atom. The van der Waals surface area contributed by atoms with E-state index >= 15 is 0 Å². The maximum Gasteiger partial charge on any atom is 0.246 e. The molecule has 0 bridgehead atoms. The highest BCUT2D eigenvalue weighted by atomic mass is 32.2. The number of benzene rings is 2. The van der Waals surface area contributed by atoms with Gasteiger partial charge in [0.25, 0.3) is 0 Å². The van der Waals surface area contributed by atoms with Crippen LogP contribution in [0.5, 0.6) is 11.5 Å². The summed E-state index contributed by atoms with van der Waals surface area (Å²) >= 11 is 0. The Labute approximate surface area is 141 Å². The summed E-state index contributed by atoms with van der Waals surface area (Å²) in [7, 11) is -3.73. The lowest BCUT2D eigenvalue weighted by atomic mass is 10.2. The van der Waals surface area contributed by atoms with Gasteiger partial charge in [-0.3, -0.25) is 0 Å². The van der Waals surface area contributed by atoms with E-state index in [0.29, 0.717) is 31.9 Å². The third-order valence-electron chi connectivity index (χ3n) is 3.74. The molecule has 24 heavy (non-hydrogen) atoms. The average Bonchev–Trinajstić information content (AvgIpc) is 2.63. The molecule has 1 saturated heterocycles. The summed E-state index contributed by atoms with van der Waals surface area (Å²) < 4.78 is 33.1. The first-order valence-corrected chi connectivity index (χ1v) is 9.03. The molecular formula is C17H17N3O3S. The van der Waals surface area contributed by atoms with Crippen molar-refractivity contribution in [3.05, 3.63) is 54.1 Å². The summed E-state index contributed by atoms with van der Waals surface area (Å²) in [5.74, 6) is 0.762. The highest BCUT2D eigenvalue weighted by molar-refractivity contribution is 7.89. The van der Waals surface area contributed by atoms with Crippen LogP contribution in [0, 0.1) is 11.3 Å². The molecule has 124 valence electrons. The Bertz CT molecular complexity index is 854. The molecule has 1 aliphatic rings. The zero-order chi connectivity index (χ0) is 17.0. The van der Waals surface area contributed by atoms with E-state index in [9.17, 15) is 8.42 Å². The van der Waals surface area contributed by atoms with Crippen LogP contribution in [0.15, 0.2) is 53.4 Å². The molecule has 1 aliphatic heterocycles. The summed E-state index contributed by atoms with van der Waals surface area (Å²) in [6.07, 6.45) is 0. The molecule has 0 radical (unpaired) electrons. The van der Waals surface area contributed by atoms with Crippen LogP contribution in [0.1, 0.15) is 5.56 Å². The zero-order valence-corrected chi connectivity index (χ0v) is 13.8. The molecule has 1 heterocycles. The zero-order valence-electron chi connectivity index (χ0n) is 13.0. The van der Waals surface area contributed by atoms with Crippen molar-refractivity contribution >= 4 is 10.0 Å². The van der Waals surface area contributed by atoms with Gasteiger partial charge in [-0.25, -0.2) is 8.42 Å². The number of nitrogens with zero attached hydrogens (tertiary/aromatic N) is 2. The molecule has 2 aromatic carbocycles. The van der Waals surface area contributed by atoms with Gasteiger partial charge in [0.1, 0.15) is 16.4 Å².